The zero-order valence-corrected chi connectivity index (χ0v) is 10.1. The van der Waals surface area contributed by atoms with Gasteiger partial charge in [0.25, 0.3) is 0 Å². The van der Waals surface area contributed by atoms with Crippen LogP contribution in [-0.4, -0.2) is 16.1 Å². The zero-order valence-electron chi connectivity index (χ0n) is 7.60. The van der Waals surface area contributed by atoms with Gasteiger partial charge in [-0.25, -0.2) is 0 Å². The van der Waals surface area contributed by atoms with Crippen LogP contribution in [0.2, 0.25) is 0 Å². The minimum atomic E-state index is -5.59. The Kier molecular flexibility index (Phi) is 3.64. The van der Waals surface area contributed by atoms with Crippen LogP contribution in [0.25, 0.3) is 0 Å². The van der Waals surface area contributed by atoms with Crippen molar-refractivity contribution in [2.24, 2.45) is 0 Å². The van der Waals surface area contributed by atoms with E-state index in [0.29, 0.717) is 6.29 Å². The van der Waals surface area contributed by atoms with E-state index in [2.05, 4.69) is 15.9 Å². The standard InChI is InChI=1S/C8H6BrF2O4P/c9-7-3-5(4-12)1-2-6(7)8(10,11)16(13,14)15/h1-4H,(H2,13,14,15). The average Bonchev–Trinajstić information content (AvgIpc) is 2.15. The van der Waals surface area contributed by atoms with Gasteiger partial charge in [0.1, 0.15) is 6.29 Å². The van der Waals surface area contributed by atoms with Gasteiger partial charge >= 0.3 is 13.3 Å². The van der Waals surface area contributed by atoms with Crippen LogP contribution < -0.4 is 0 Å². The van der Waals surface area contributed by atoms with Crippen molar-refractivity contribution in [2.75, 3.05) is 0 Å². The summed E-state index contributed by atoms with van der Waals surface area (Å²) in [7, 11) is -5.59. The largest absolute Gasteiger partial charge is 0.399 e. The Morgan fingerprint density at radius 3 is 2.31 bits per heavy atom. The summed E-state index contributed by atoms with van der Waals surface area (Å²) in [6.07, 6.45) is 0.435. The van der Waals surface area contributed by atoms with Crippen LogP contribution >= 0.6 is 23.5 Å². The zero-order chi connectivity index (χ0) is 12.6. The molecule has 16 heavy (non-hydrogen) atoms. The van der Waals surface area contributed by atoms with E-state index in [1.807, 2.05) is 0 Å². The van der Waals surface area contributed by atoms with Crippen LogP contribution in [0.4, 0.5) is 8.78 Å². The molecule has 0 aliphatic carbocycles. The fraction of sp³-hybridized carbons (Fsp3) is 0.125. The highest BCUT2D eigenvalue weighted by molar-refractivity contribution is 9.10. The third kappa shape index (κ3) is 2.38. The second-order valence-electron chi connectivity index (χ2n) is 2.94. The number of halogens is 3. The van der Waals surface area contributed by atoms with Gasteiger partial charge in [-0.15, -0.1) is 0 Å². The van der Waals surface area contributed by atoms with Crippen LogP contribution in [0.3, 0.4) is 0 Å². The minimum Gasteiger partial charge on any atom is -0.320 e. The molecule has 88 valence electrons. The number of hydrogen-bond donors (Lipinski definition) is 2. The lowest BCUT2D eigenvalue weighted by molar-refractivity contribution is 0.0557. The lowest BCUT2D eigenvalue weighted by Gasteiger charge is -2.19. The summed E-state index contributed by atoms with van der Waals surface area (Å²) in [4.78, 5) is 27.4. The second-order valence-corrected chi connectivity index (χ2v) is 5.45. The van der Waals surface area contributed by atoms with Crippen LogP contribution in [0, 0.1) is 0 Å². The number of benzene rings is 1. The van der Waals surface area contributed by atoms with E-state index in [1.54, 1.807) is 0 Å². The molecule has 1 aromatic rings. The molecular formula is C8H6BrF2O4P. The van der Waals surface area contributed by atoms with E-state index in [4.69, 9.17) is 9.79 Å². The molecule has 0 aromatic heterocycles. The van der Waals surface area contributed by atoms with Crippen molar-refractivity contribution >= 4 is 29.8 Å². The van der Waals surface area contributed by atoms with Gasteiger partial charge in [0.05, 0.1) is 0 Å². The molecule has 8 heteroatoms. The first kappa shape index (κ1) is 13.4. The molecule has 0 radical (unpaired) electrons. The minimum absolute atomic E-state index is 0.122. The predicted octanol–water partition coefficient (Wildman–Crippen LogP) is 2.49. The molecule has 0 saturated heterocycles. The summed E-state index contributed by atoms with van der Waals surface area (Å²) in [5, 5.41) is 0. The van der Waals surface area contributed by atoms with Gasteiger partial charge in [0.15, 0.2) is 0 Å². The normalized spacial score (nSPS) is 12.6. The smallest absolute Gasteiger partial charge is 0.320 e. The molecule has 1 rings (SSSR count). The number of rotatable bonds is 3. The van der Waals surface area contributed by atoms with E-state index < -0.39 is 18.8 Å². The third-order valence-corrected chi connectivity index (χ3v) is 3.45. The molecule has 0 amide bonds. The van der Waals surface area contributed by atoms with Gasteiger partial charge in [-0.05, 0) is 6.07 Å². The van der Waals surface area contributed by atoms with Gasteiger partial charge in [0, 0.05) is 15.6 Å². The maximum atomic E-state index is 13.3. The monoisotopic (exact) mass is 314 g/mol. The summed E-state index contributed by atoms with van der Waals surface area (Å²) in [5.74, 6) is 0. The topological polar surface area (TPSA) is 74.6 Å². The Morgan fingerprint density at radius 1 is 1.38 bits per heavy atom. The number of carbonyl (C=O) groups is 1. The molecule has 0 atom stereocenters. The lowest BCUT2D eigenvalue weighted by atomic mass is 10.1. The first-order chi connectivity index (χ1) is 7.20. The number of hydrogen-bond acceptors (Lipinski definition) is 2. The number of aldehydes is 1. The molecule has 0 heterocycles. The van der Waals surface area contributed by atoms with Crippen LogP contribution in [0.15, 0.2) is 22.7 Å². The van der Waals surface area contributed by atoms with Gasteiger partial charge in [-0.2, -0.15) is 8.78 Å². The first-order valence-electron chi connectivity index (χ1n) is 3.89. The fourth-order valence-electron chi connectivity index (χ4n) is 1.01. The number of alkyl halides is 2. The van der Waals surface area contributed by atoms with E-state index in [9.17, 15) is 18.1 Å². The molecule has 0 saturated carbocycles. The molecule has 2 N–H and O–H groups in total. The highest BCUT2D eigenvalue weighted by Crippen LogP contribution is 2.60. The van der Waals surface area contributed by atoms with E-state index in [1.165, 1.54) is 0 Å². The van der Waals surface area contributed by atoms with Crippen LogP contribution in [0.1, 0.15) is 15.9 Å². The van der Waals surface area contributed by atoms with Gasteiger partial charge < -0.3 is 9.79 Å². The molecule has 0 bridgehead atoms. The summed E-state index contributed by atoms with van der Waals surface area (Å²) >= 11 is 2.73. The molecule has 0 aliphatic heterocycles. The van der Waals surface area contributed by atoms with E-state index >= 15 is 0 Å². The van der Waals surface area contributed by atoms with Crippen molar-refractivity contribution in [3.05, 3.63) is 33.8 Å². The summed E-state index contributed by atoms with van der Waals surface area (Å²) in [5.41, 5.74) is -5.02. The van der Waals surface area contributed by atoms with Crippen molar-refractivity contribution in [3.8, 4) is 0 Å². The van der Waals surface area contributed by atoms with Crippen molar-refractivity contribution in [3.63, 3.8) is 0 Å². The van der Waals surface area contributed by atoms with Crippen molar-refractivity contribution < 1.29 is 27.9 Å². The second kappa shape index (κ2) is 4.33. The predicted molar refractivity (Wildman–Crippen MR) is 55.5 cm³/mol. The Labute approximate surface area is 97.6 Å². The van der Waals surface area contributed by atoms with Gasteiger partial charge in [-0.1, -0.05) is 28.1 Å². The van der Waals surface area contributed by atoms with Gasteiger partial charge in [-0.3, -0.25) is 9.36 Å². The molecule has 0 aliphatic rings. The maximum absolute atomic E-state index is 13.3. The average molecular weight is 315 g/mol. The highest BCUT2D eigenvalue weighted by Gasteiger charge is 2.51. The Hall–Kier alpha value is -0.620. The Morgan fingerprint density at radius 2 is 1.94 bits per heavy atom. The highest BCUT2D eigenvalue weighted by atomic mass is 79.9. The Balaban J connectivity index is 3.35. The number of carbonyl (C=O) groups excluding carboxylic acids is 1. The summed E-state index contributed by atoms with van der Waals surface area (Å²) < 4.78 is 36.9. The van der Waals surface area contributed by atoms with Gasteiger partial charge in [0.2, 0.25) is 0 Å². The molecular weight excluding hydrogens is 309 g/mol. The molecule has 0 fully saturated rings. The SMILES string of the molecule is O=Cc1ccc(C(F)(F)P(=O)(O)O)c(Br)c1. The molecule has 0 spiro atoms. The molecule has 1 aromatic carbocycles. The Bertz CT molecular complexity index is 471. The summed E-state index contributed by atoms with van der Waals surface area (Å²) in [6.45, 7) is 0. The van der Waals surface area contributed by atoms with E-state index in [-0.39, 0.29) is 10.0 Å². The van der Waals surface area contributed by atoms with Crippen molar-refractivity contribution in [1.29, 1.82) is 0 Å². The lowest BCUT2D eigenvalue weighted by Crippen LogP contribution is -2.14. The quantitative estimate of drug-likeness (QED) is 0.664. The van der Waals surface area contributed by atoms with Crippen LogP contribution in [-0.2, 0) is 10.2 Å². The summed E-state index contributed by atoms with van der Waals surface area (Å²) in [6, 6.07) is 2.91. The molecule has 0 unspecified atom stereocenters. The molecule has 4 nitrogen and oxygen atoms in total. The first-order valence-corrected chi connectivity index (χ1v) is 6.29. The van der Waals surface area contributed by atoms with E-state index in [0.717, 1.165) is 18.2 Å². The van der Waals surface area contributed by atoms with Crippen molar-refractivity contribution in [1.82, 2.24) is 0 Å². The maximum Gasteiger partial charge on any atom is 0.399 e. The fourth-order valence-corrected chi connectivity index (χ4v) is 2.31. The van der Waals surface area contributed by atoms with Crippen molar-refractivity contribution in [2.45, 2.75) is 5.66 Å². The third-order valence-electron chi connectivity index (χ3n) is 1.82. The van der Waals surface area contributed by atoms with Crippen LogP contribution in [0.5, 0.6) is 0 Å².